The first-order valence-corrected chi connectivity index (χ1v) is 10.9. The summed E-state index contributed by atoms with van der Waals surface area (Å²) in [7, 11) is 0. The van der Waals surface area contributed by atoms with E-state index in [1.54, 1.807) is 6.08 Å². The number of rotatable bonds is 3. The van der Waals surface area contributed by atoms with Gasteiger partial charge in [-0.25, -0.2) is 4.79 Å². The van der Waals surface area contributed by atoms with Crippen LogP contribution < -0.4 is 5.32 Å². The van der Waals surface area contributed by atoms with E-state index in [0.29, 0.717) is 0 Å². The summed E-state index contributed by atoms with van der Waals surface area (Å²) in [4.78, 5) is 39.1. The Morgan fingerprint density at radius 1 is 1.07 bits per heavy atom. The molecule has 0 spiro atoms. The number of halogens is 1. The lowest BCUT2D eigenvalue weighted by atomic mass is 10.1. The van der Waals surface area contributed by atoms with E-state index in [-0.39, 0.29) is 11.6 Å². The number of aryl methyl sites for hydroxylation is 2. The van der Waals surface area contributed by atoms with Crippen LogP contribution in [0.4, 0.5) is 4.79 Å². The molecule has 1 saturated carbocycles. The van der Waals surface area contributed by atoms with E-state index in [1.807, 2.05) is 39.0 Å². The van der Waals surface area contributed by atoms with Crippen molar-refractivity contribution < 1.29 is 14.4 Å². The van der Waals surface area contributed by atoms with Gasteiger partial charge in [0.2, 0.25) is 0 Å². The lowest BCUT2D eigenvalue weighted by molar-refractivity contribution is -0.131. The van der Waals surface area contributed by atoms with E-state index in [0.717, 1.165) is 58.4 Å². The molecule has 0 atom stereocenters. The monoisotopic (exact) mass is 469 g/mol. The van der Waals surface area contributed by atoms with Crippen LogP contribution in [0.1, 0.15) is 48.2 Å². The van der Waals surface area contributed by atoms with E-state index in [4.69, 9.17) is 0 Å². The third-order valence-corrected chi connectivity index (χ3v) is 6.88. The van der Waals surface area contributed by atoms with Crippen LogP contribution in [0.3, 0.4) is 0 Å². The van der Waals surface area contributed by atoms with Crippen molar-refractivity contribution >= 4 is 39.9 Å². The molecule has 0 bridgehead atoms. The van der Waals surface area contributed by atoms with Gasteiger partial charge in [-0.2, -0.15) is 0 Å². The number of imide groups is 2. The summed E-state index contributed by atoms with van der Waals surface area (Å²) in [6.45, 7) is 5.98. The van der Waals surface area contributed by atoms with Crippen molar-refractivity contribution in [3.05, 3.63) is 56.8 Å². The van der Waals surface area contributed by atoms with Crippen LogP contribution in [0.25, 0.3) is 11.8 Å². The lowest BCUT2D eigenvalue weighted by Gasteiger charge is -2.31. The molecule has 0 unspecified atom stereocenters. The Morgan fingerprint density at radius 2 is 1.77 bits per heavy atom. The maximum atomic E-state index is 13.1. The van der Waals surface area contributed by atoms with Gasteiger partial charge in [0.05, 0.1) is 0 Å². The van der Waals surface area contributed by atoms with Gasteiger partial charge in [-0.1, -0.05) is 28.8 Å². The minimum Gasteiger partial charge on any atom is -0.318 e. The van der Waals surface area contributed by atoms with E-state index in [2.05, 4.69) is 31.9 Å². The molecule has 1 aromatic heterocycles. The smallest absolute Gasteiger partial charge is 0.318 e. The largest absolute Gasteiger partial charge is 0.331 e. The van der Waals surface area contributed by atoms with Gasteiger partial charge in [0.15, 0.2) is 0 Å². The lowest BCUT2D eigenvalue weighted by Crippen LogP contribution is -2.57. The Bertz CT molecular complexity index is 1090. The molecule has 2 heterocycles. The third-order valence-electron chi connectivity index (χ3n) is 5.99. The number of aromatic nitrogens is 1. The standard InChI is InChI=1S/C23H24BrN3O3/c1-13-10-18(8-9-20(13)24)26-14(2)11-16(15(26)3)12-19-21(28)25-23(30)27(22(19)29)17-6-4-5-7-17/h8-12,17H,4-7H2,1-3H3,(H,25,28,30)/b19-12-. The summed E-state index contributed by atoms with van der Waals surface area (Å²) < 4.78 is 3.13. The molecule has 1 N–H and O–H groups in total. The number of hydrogen-bond acceptors (Lipinski definition) is 3. The second-order valence-electron chi connectivity index (χ2n) is 8.03. The first-order chi connectivity index (χ1) is 14.3. The molecular formula is C23H24BrN3O3. The van der Waals surface area contributed by atoms with Gasteiger partial charge in [0, 0.05) is 27.6 Å². The van der Waals surface area contributed by atoms with Crippen molar-refractivity contribution in [2.75, 3.05) is 0 Å². The number of carbonyl (C=O) groups is 3. The van der Waals surface area contributed by atoms with E-state index in [1.165, 1.54) is 4.90 Å². The Hall–Kier alpha value is -2.67. The highest BCUT2D eigenvalue weighted by Gasteiger charge is 2.40. The summed E-state index contributed by atoms with van der Waals surface area (Å²) >= 11 is 3.53. The number of nitrogens with zero attached hydrogens (tertiary/aromatic N) is 2. The van der Waals surface area contributed by atoms with Gasteiger partial charge in [-0.15, -0.1) is 0 Å². The highest BCUT2D eigenvalue weighted by Crippen LogP contribution is 2.29. The maximum absolute atomic E-state index is 13.1. The molecule has 2 aliphatic rings. The van der Waals surface area contributed by atoms with Crippen molar-refractivity contribution in [2.45, 2.75) is 52.5 Å². The third kappa shape index (κ3) is 3.51. The molecule has 2 aromatic rings. The average molecular weight is 470 g/mol. The van der Waals surface area contributed by atoms with Crippen molar-refractivity contribution in [3.8, 4) is 5.69 Å². The first kappa shape index (κ1) is 20.6. The zero-order chi connectivity index (χ0) is 21.6. The molecule has 2 fully saturated rings. The minimum atomic E-state index is -0.636. The van der Waals surface area contributed by atoms with Gasteiger partial charge in [0.1, 0.15) is 5.57 Å². The second-order valence-corrected chi connectivity index (χ2v) is 8.88. The number of amides is 4. The molecule has 0 radical (unpaired) electrons. The van der Waals surface area contributed by atoms with Gasteiger partial charge in [-0.3, -0.25) is 19.8 Å². The molecule has 7 heteroatoms. The Balaban J connectivity index is 1.73. The molecule has 1 aromatic carbocycles. The van der Waals surface area contributed by atoms with E-state index >= 15 is 0 Å². The number of carbonyl (C=O) groups excluding carboxylic acids is 3. The number of barbiturate groups is 1. The van der Waals surface area contributed by atoms with Gasteiger partial charge in [0.25, 0.3) is 11.8 Å². The Morgan fingerprint density at radius 3 is 2.43 bits per heavy atom. The summed E-state index contributed by atoms with van der Waals surface area (Å²) in [5, 5.41) is 2.34. The number of hydrogen-bond donors (Lipinski definition) is 1. The SMILES string of the molecule is Cc1cc(-n2c(C)cc(/C=C3/C(=O)NC(=O)N(C4CCCC4)C3=O)c2C)ccc1Br. The predicted octanol–water partition coefficient (Wildman–Crippen LogP) is 4.57. The molecule has 30 heavy (non-hydrogen) atoms. The summed E-state index contributed by atoms with van der Waals surface area (Å²) in [6, 6.07) is 7.33. The fourth-order valence-corrected chi connectivity index (χ4v) is 4.67. The summed E-state index contributed by atoms with van der Waals surface area (Å²) in [5.74, 6) is -1.14. The average Bonchev–Trinajstić information content (AvgIpc) is 3.29. The fraction of sp³-hybridized carbons (Fsp3) is 0.348. The molecule has 156 valence electrons. The van der Waals surface area contributed by atoms with Crippen LogP contribution >= 0.6 is 15.9 Å². The van der Waals surface area contributed by atoms with Crippen LogP contribution in [-0.4, -0.2) is 33.4 Å². The molecule has 6 nitrogen and oxygen atoms in total. The number of benzene rings is 1. The number of urea groups is 1. The first-order valence-electron chi connectivity index (χ1n) is 10.1. The zero-order valence-electron chi connectivity index (χ0n) is 17.3. The second kappa shape index (κ2) is 7.87. The van der Waals surface area contributed by atoms with Crippen LogP contribution in [-0.2, 0) is 9.59 Å². The zero-order valence-corrected chi connectivity index (χ0v) is 18.9. The van der Waals surface area contributed by atoms with Crippen molar-refractivity contribution in [3.63, 3.8) is 0 Å². The normalized spacial score (nSPS) is 19.1. The molecule has 1 aliphatic heterocycles. The summed E-state index contributed by atoms with van der Waals surface area (Å²) in [5.41, 5.74) is 4.84. The topological polar surface area (TPSA) is 71.4 Å². The molecular weight excluding hydrogens is 446 g/mol. The fourth-order valence-electron chi connectivity index (χ4n) is 4.42. The van der Waals surface area contributed by atoms with Gasteiger partial charge >= 0.3 is 6.03 Å². The van der Waals surface area contributed by atoms with Crippen LogP contribution in [0, 0.1) is 20.8 Å². The van der Waals surface area contributed by atoms with Gasteiger partial charge < -0.3 is 4.57 Å². The van der Waals surface area contributed by atoms with Crippen LogP contribution in [0.2, 0.25) is 0 Å². The van der Waals surface area contributed by atoms with E-state index in [9.17, 15) is 14.4 Å². The molecule has 4 rings (SSSR count). The molecule has 1 aliphatic carbocycles. The van der Waals surface area contributed by atoms with Crippen molar-refractivity contribution in [1.29, 1.82) is 0 Å². The highest BCUT2D eigenvalue weighted by molar-refractivity contribution is 9.10. The highest BCUT2D eigenvalue weighted by atomic mass is 79.9. The number of nitrogens with one attached hydrogen (secondary N) is 1. The molecule has 1 saturated heterocycles. The quantitative estimate of drug-likeness (QED) is 0.528. The van der Waals surface area contributed by atoms with Crippen molar-refractivity contribution in [1.82, 2.24) is 14.8 Å². The van der Waals surface area contributed by atoms with Crippen molar-refractivity contribution in [2.24, 2.45) is 0 Å². The van der Waals surface area contributed by atoms with Gasteiger partial charge in [-0.05, 0) is 75.1 Å². The Kier molecular flexibility index (Phi) is 5.40. The van der Waals surface area contributed by atoms with Crippen LogP contribution in [0.15, 0.2) is 34.3 Å². The predicted molar refractivity (Wildman–Crippen MR) is 118 cm³/mol. The van der Waals surface area contributed by atoms with Crippen LogP contribution in [0.5, 0.6) is 0 Å². The Labute approximate surface area is 184 Å². The molecule has 4 amide bonds. The summed E-state index contributed by atoms with van der Waals surface area (Å²) in [6.07, 6.45) is 5.16. The van der Waals surface area contributed by atoms with E-state index < -0.39 is 17.8 Å². The minimum absolute atomic E-state index is 0.00809. The maximum Gasteiger partial charge on any atom is 0.331 e.